The predicted octanol–water partition coefficient (Wildman–Crippen LogP) is 3.38. The summed E-state index contributed by atoms with van der Waals surface area (Å²) < 4.78 is 23.4. The molecule has 0 aliphatic carbocycles. The van der Waals surface area contributed by atoms with Crippen LogP contribution in [0, 0.1) is 5.92 Å². The lowest BCUT2D eigenvalue weighted by molar-refractivity contribution is 0.0681. The molecule has 5 heteroatoms. The van der Waals surface area contributed by atoms with Crippen LogP contribution in [0.4, 0.5) is 5.69 Å². The van der Waals surface area contributed by atoms with Crippen molar-refractivity contribution in [2.45, 2.75) is 18.3 Å². The summed E-state index contributed by atoms with van der Waals surface area (Å²) in [5, 5.41) is 0. The molecule has 0 bridgehead atoms. The molecule has 0 aromatic heterocycles. The molecule has 1 saturated heterocycles. The van der Waals surface area contributed by atoms with Crippen LogP contribution < -0.4 is 19.1 Å². The number of ether oxygens (including phenoxy) is 4. The zero-order chi connectivity index (χ0) is 18.6. The Morgan fingerprint density at radius 1 is 0.857 bits per heavy atom. The molecule has 4 heterocycles. The van der Waals surface area contributed by atoms with Gasteiger partial charge in [-0.3, -0.25) is 0 Å². The number of hydrogen-bond acceptors (Lipinski definition) is 5. The second-order valence-corrected chi connectivity index (χ2v) is 8.32. The fourth-order valence-electron chi connectivity index (χ4n) is 5.25. The van der Waals surface area contributed by atoms with E-state index in [1.165, 1.54) is 16.8 Å². The van der Waals surface area contributed by atoms with Gasteiger partial charge in [0.05, 0.1) is 5.41 Å². The molecule has 0 radical (unpaired) electrons. The van der Waals surface area contributed by atoms with E-state index >= 15 is 0 Å². The average Bonchev–Trinajstić information content (AvgIpc) is 3.26. The third-order valence-electron chi connectivity index (χ3n) is 6.67. The zero-order valence-electron chi connectivity index (χ0n) is 16.0. The van der Waals surface area contributed by atoms with Crippen LogP contribution in [-0.4, -0.2) is 46.1 Å². The van der Waals surface area contributed by atoms with E-state index < -0.39 is 0 Å². The zero-order valence-corrected chi connectivity index (χ0v) is 16.0. The molecule has 6 rings (SSSR count). The molecule has 0 saturated carbocycles. The Labute approximate surface area is 165 Å². The van der Waals surface area contributed by atoms with Crippen LogP contribution >= 0.6 is 0 Å². The summed E-state index contributed by atoms with van der Waals surface area (Å²) in [6, 6.07) is 13.0. The number of fused-ring (bicyclic) bond motifs is 5. The highest BCUT2D eigenvalue weighted by molar-refractivity contribution is 5.70. The highest BCUT2D eigenvalue weighted by Gasteiger charge is 2.50. The van der Waals surface area contributed by atoms with Gasteiger partial charge in [0.2, 0.25) is 0 Å². The Hall–Kier alpha value is -2.40. The molecule has 2 aromatic rings. The summed E-state index contributed by atoms with van der Waals surface area (Å²) in [5.41, 5.74) is 3.82. The van der Waals surface area contributed by atoms with E-state index in [2.05, 4.69) is 35.2 Å². The molecule has 28 heavy (non-hydrogen) atoms. The Morgan fingerprint density at radius 2 is 1.64 bits per heavy atom. The standard InChI is InChI=1S/C23H25NO4/c1-2-4-19-17(3-1)23(14-24(19)13-16-5-7-25-8-6-16)15-28-20-12-22-21(11-18(20)23)26-9-10-27-22/h1-4,11-12,16H,5-10,13-15H2. The van der Waals surface area contributed by atoms with E-state index in [0.717, 1.165) is 56.4 Å². The van der Waals surface area contributed by atoms with Crippen LogP contribution in [0.5, 0.6) is 17.2 Å². The maximum absolute atomic E-state index is 6.22. The van der Waals surface area contributed by atoms with Crippen LogP contribution in [0.3, 0.4) is 0 Å². The summed E-state index contributed by atoms with van der Waals surface area (Å²) in [6.45, 7) is 5.69. The van der Waals surface area contributed by atoms with Gasteiger partial charge in [0.25, 0.3) is 0 Å². The Bertz CT molecular complexity index is 907. The van der Waals surface area contributed by atoms with Crippen molar-refractivity contribution in [2.75, 3.05) is 51.0 Å². The molecule has 1 atom stereocenters. The van der Waals surface area contributed by atoms with E-state index in [4.69, 9.17) is 18.9 Å². The lowest BCUT2D eigenvalue weighted by Crippen LogP contribution is -2.39. The molecule has 5 nitrogen and oxygen atoms in total. The van der Waals surface area contributed by atoms with Crippen LogP contribution in [0.15, 0.2) is 36.4 Å². The lowest BCUT2D eigenvalue weighted by Gasteiger charge is -2.30. The van der Waals surface area contributed by atoms with Gasteiger partial charge in [0.1, 0.15) is 25.6 Å². The summed E-state index contributed by atoms with van der Waals surface area (Å²) in [7, 11) is 0. The van der Waals surface area contributed by atoms with Crippen LogP contribution in [0.2, 0.25) is 0 Å². The van der Waals surface area contributed by atoms with Crippen molar-refractivity contribution >= 4 is 5.69 Å². The van der Waals surface area contributed by atoms with Crippen molar-refractivity contribution in [2.24, 2.45) is 5.92 Å². The number of rotatable bonds is 2. The number of nitrogens with zero attached hydrogens (tertiary/aromatic N) is 1. The van der Waals surface area contributed by atoms with Crippen LogP contribution in [-0.2, 0) is 10.2 Å². The second kappa shape index (κ2) is 6.31. The van der Waals surface area contributed by atoms with Crippen molar-refractivity contribution in [3.63, 3.8) is 0 Å². The number of hydrogen-bond donors (Lipinski definition) is 0. The first-order valence-corrected chi connectivity index (χ1v) is 10.3. The van der Waals surface area contributed by atoms with Crippen LogP contribution in [0.1, 0.15) is 24.0 Å². The summed E-state index contributed by atoms with van der Waals surface area (Å²) in [5.74, 6) is 3.27. The minimum Gasteiger partial charge on any atom is -0.492 e. The SMILES string of the molecule is c1ccc2c(c1)N(CC1CCOCC1)CC21COc2cc3c(cc21)OCCO3. The fourth-order valence-corrected chi connectivity index (χ4v) is 5.25. The van der Waals surface area contributed by atoms with Gasteiger partial charge in [0, 0.05) is 43.6 Å². The fraction of sp³-hybridized carbons (Fsp3) is 0.478. The number of para-hydroxylation sites is 1. The van der Waals surface area contributed by atoms with Crippen molar-refractivity contribution in [3.05, 3.63) is 47.5 Å². The molecule has 0 amide bonds. The summed E-state index contributed by atoms with van der Waals surface area (Å²) in [4.78, 5) is 2.57. The van der Waals surface area contributed by atoms with Crippen molar-refractivity contribution in [3.8, 4) is 17.2 Å². The Kier molecular flexibility index (Phi) is 3.73. The first kappa shape index (κ1) is 16.5. The van der Waals surface area contributed by atoms with E-state index in [9.17, 15) is 0 Å². The van der Waals surface area contributed by atoms with Crippen molar-refractivity contribution in [1.29, 1.82) is 0 Å². The van der Waals surface area contributed by atoms with Crippen molar-refractivity contribution < 1.29 is 18.9 Å². The van der Waals surface area contributed by atoms with E-state index in [0.29, 0.717) is 25.7 Å². The first-order chi connectivity index (χ1) is 13.8. The third-order valence-corrected chi connectivity index (χ3v) is 6.67. The largest absolute Gasteiger partial charge is 0.492 e. The van der Waals surface area contributed by atoms with Gasteiger partial charge in [-0.2, -0.15) is 0 Å². The van der Waals surface area contributed by atoms with Crippen molar-refractivity contribution in [1.82, 2.24) is 0 Å². The highest BCUT2D eigenvalue weighted by Crippen LogP contribution is 2.54. The highest BCUT2D eigenvalue weighted by atomic mass is 16.6. The maximum Gasteiger partial charge on any atom is 0.165 e. The molecular weight excluding hydrogens is 354 g/mol. The smallest absolute Gasteiger partial charge is 0.165 e. The molecule has 1 fully saturated rings. The van der Waals surface area contributed by atoms with Gasteiger partial charge in [-0.15, -0.1) is 0 Å². The molecular formula is C23H25NO4. The second-order valence-electron chi connectivity index (χ2n) is 8.32. The maximum atomic E-state index is 6.22. The molecule has 4 aliphatic rings. The topological polar surface area (TPSA) is 40.2 Å². The lowest BCUT2D eigenvalue weighted by atomic mass is 9.77. The molecule has 0 N–H and O–H groups in total. The average molecular weight is 379 g/mol. The molecule has 1 spiro atoms. The van der Waals surface area contributed by atoms with Gasteiger partial charge < -0.3 is 23.8 Å². The first-order valence-electron chi connectivity index (χ1n) is 10.3. The molecule has 4 aliphatic heterocycles. The predicted molar refractivity (Wildman–Crippen MR) is 106 cm³/mol. The van der Waals surface area contributed by atoms with Crippen LogP contribution in [0.25, 0.3) is 0 Å². The normalized spacial score (nSPS) is 25.5. The number of anilines is 1. The van der Waals surface area contributed by atoms with Gasteiger partial charge in [-0.05, 0) is 36.5 Å². The molecule has 1 unspecified atom stereocenters. The Morgan fingerprint density at radius 3 is 2.50 bits per heavy atom. The minimum atomic E-state index is -0.132. The molecule has 2 aromatic carbocycles. The summed E-state index contributed by atoms with van der Waals surface area (Å²) >= 11 is 0. The van der Waals surface area contributed by atoms with E-state index in [1.54, 1.807) is 0 Å². The van der Waals surface area contributed by atoms with Gasteiger partial charge in [-0.25, -0.2) is 0 Å². The Balaban J connectivity index is 1.40. The third kappa shape index (κ3) is 2.42. The molecule has 146 valence electrons. The quantitative estimate of drug-likeness (QED) is 0.800. The summed E-state index contributed by atoms with van der Waals surface area (Å²) in [6.07, 6.45) is 2.30. The van der Waals surface area contributed by atoms with E-state index in [-0.39, 0.29) is 5.41 Å². The van der Waals surface area contributed by atoms with Gasteiger partial charge in [0.15, 0.2) is 11.5 Å². The number of benzene rings is 2. The van der Waals surface area contributed by atoms with E-state index in [1.807, 2.05) is 6.07 Å². The minimum absolute atomic E-state index is 0.132. The van der Waals surface area contributed by atoms with Gasteiger partial charge in [-0.1, -0.05) is 18.2 Å². The van der Waals surface area contributed by atoms with Gasteiger partial charge >= 0.3 is 0 Å². The monoisotopic (exact) mass is 379 g/mol.